The smallest absolute Gasteiger partial charge is 0.268 e. The Labute approximate surface area is 141 Å². The fourth-order valence-corrected chi connectivity index (χ4v) is 3.30. The number of hydrogen-bond acceptors (Lipinski definition) is 4. The first-order valence-electron chi connectivity index (χ1n) is 6.62. The average molecular weight is 354 g/mol. The number of aromatic nitrogens is 2. The van der Waals surface area contributed by atoms with Crippen LogP contribution in [-0.4, -0.2) is 21.9 Å². The van der Waals surface area contributed by atoms with Crippen LogP contribution in [0.1, 0.15) is 11.4 Å². The molecule has 7 heteroatoms. The summed E-state index contributed by atoms with van der Waals surface area (Å²) in [5.41, 5.74) is 1.71. The van der Waals surface area contributed by atoms with Gasteiger partial charge in [-0.2, -0.15) is 0 Å². The molecule has 3 rings (SSSR count). The molecule has 0 aliphatic rings. The lowest BCUT2D eigenvalue weighted by Crippen LogP contribution is -2.21. The van der Waals surface area contributed by atoms with Gasteiger partial charge >= 0.3 is 0 Å². The van der Waals surface area contributed by atoms with E-state index in [-0.39, 0.29) is 5.56 Å². The molecule has 22 heavy (non-hydrogen) atoms. The molecule has 0 aliphatic heterocycles. The van der Waals surface area contributed by atoms with Gasteiger partial charge in [0, 0.05) is 6.54 Å². The predicted molar refractivity (Wildman–Crippen MR) is 91.9 cm³/mol. The number of nitrogens with zero attached hydrogens (tertiary/aromatic N) is 2. The normalized spacial score (nSPS) is 11.5. The lowest BCUT2D eigenvalue weighted by atomic mass is 10.2. The second-order valence-corrected chi connectivity index (χ2v) is 6.80. The minimum atomic E-state index is -0.0852. The van der Waals surface area contributed by atoms with E-state index in [2.05, 4.69) is 14.9 Å². The number of nitrogens with one attached hydrogen (secondary N) is 1. The van der Waals surface area contributed by atoms with Gasteiger partial charge in [-0.1, -0.05) is 29.3 Å². The van der Waals surface area contributed by atoms with E-state index in [0.717, 1.165) is 11.1 Å². The van der Waals surface area contributed by atoms with Gasteiger partial charge in [0.1, 0.15) is 10.5 Å². The van der Waals surface area contributed by atoms with Crippen molar-refractivity contribution in [3.63, 3.8) is 0 Å². The van der Waals surface area contributed by atoms with Gasteiger partial charge < -0.3 is 4.98 Å². The van der Waals surface area contributed by atoms with Gasteiger partial charge in [0.15, 0.2) is 0 Å². The zero-order valence-electron chi connectivity index (χ0n) is 11.8. The highest BCUT2D eigenvalue weighted by Gasteiger charge is 2.08. The maximum absolute atomic E-state index is 11.9. The van der Waals surface area contributed by atoms with Crippen LogP contribution >= 0.6 is 34.5 Å². The third-order valence-corrected chi connectivity index (χ3v) is 4.86. The molecule has 0 aliphatic carbocycles. The van der Waals surface area contributed by atoms with E-state index in [1.54, 1.807) is 6.07 Å². The molecule has 1 aromatic carbocycles. The first-order valence-corrected chi connectivity index (χ1v) is 8.25. The number of H-pyrrole nitrogens is 1. The van der Waals surface area contributed by atoms with Crippen LogP contribution in [0.25, 0.3) is 10.2 Å². The quantitative estimate of drug-likeness (QED) is 0.773. The Balaban J connectivity index is 1.76. The summed E-state index contributed by atoms with van der Waals surface area (Å²) in [5, 5.41) is 2.96. The van der Waals surface area contributed by atoms with Crippen molar-refractivity contribution in [2.45, 2.75) is 13.1 Å². The van der Waals surface area contributed by atoms with Gasteiger partial charge in [0.25, 0.3) is 5.56 Å². The number of hydrogen-bond donors (Lipinski definition) is 1. The van der Waals surface area contributed by atoms with E-state index in [1.807, 2.05) is 30.6 Å². The van der Waals surface area contributed by atoms with Gasteiger partial charge in [-0.05, 0) is 36.2 Å². The maximum atomic E-state index is 11.9. The van der Waals surface area contributed by atoms with Crippen molar-refractivity contribution in [2.24, 2.45) is 0 Å². The molecule has 0 amide bonds. The Morgan fingerprint density at radius 3 is 2.82 bits per heavy atom. The molecule has 4 nitrogen and oxygen atoms in total. The Morgan fingerprint density at radius 1 is 1.23 bits per heavy atom. The van der Waals surface area contributed by atoms with Crippen molar-refractivity contribution in [3.8, 4) is 0 Å². The Morgan fingerprint density at radius 2 is 2.05 bits per heavy atom. The highest BCUT2D eigenvalue weighted by Crippen LogP contribution is 2.23. The number of fused-ring (bicyclic) bond motifs is 1. The van der Waals surface area contributed by atoms with Crippen molar-refractivity contribution < 1.29 is 0 Å². The lowest BCUT2D eigenvalue weighted by Gasteiger charge is -2.16. The molecule has 0 radical (unpaired) electrons. The topological polar surface area (TPSA) is 49.0 Å². The second-order valence-electron chi connectivity index (χ2n) is 5.07. The SMILES string of the molecule is CN(Cc1ccc(Cl)c(Cl)c1)Cc1nc2ccsc2c(=O)[nH]1. The fraction of sp³-hybridized carbons (Fsp3) is 0.200. The first kappa shape index (κ1) is 15.5. The fourth-order valence-electron chi connectivity index (χ4n) is 2.26. The molecule has 0 fully saturated rings. The summed E-state index contributed by atoms with van der Waals surface area (Å²) in [6.07, 6.45) is 0. The minimum absolute atomic E-state index is 0.0852. The van der Waals surface area contributed by atoms with Crippen LogP contribution in [0.4, 0.5) is 0 Å². The predicted octanol–water partition coefficient (Wildman–Crippen LogP) is 3.92. The first-order chi connectivity index (χ1) is 10.5. The van der Waals surface area contributed by atoms with Crippen molar-refractivity contribution in [2.75, 3.05) is 7.05 Å². The van der Waals surface area contributed by atoms with Crippen LogP contribution in [0.3, 0.4) is 0 Å². The van der Waals surface area contributed by atoms with Crippen LogP contribution in [0, 0.1) is 0 Å². The molecule has 0 saturated carbocycles. The van der Waals surface area contributed by atoms with Gasteiger partial charge in [-0.15, -0.1) is 11.3 Å². The van der Waals surface area contributed by atoms with Gasteiger partial charge in [0.05, 0.1) is 22.1 Å². The monoisotopic (exact) mass is 353 g/mol. The third kappa shape index (κ3) is 3.33. The van der Waals surface area contributed by atoms with E-state index in [9.17, 15) is 4.79 Å². The summed E-state index contributed by atoms with van der Waals surface area (Å²) in [6.45, 7) is 1.23. The zero-order chi connectivity index (χ0) is 15.7. The van der Waals surface area contributed by atoms with E-state index in [4.69, 9.17) is 23.2 Å². The molecule has 2 aromatic heterocycles. The van der Waals surface area contributed by atoms with Gasteiger partial charge in [-0.25, -0.2) is 4.98 Å². The number of benzene rings is 1. The van der Waals surface area contributed by atoms with Crippen molar-refractivity contribution >= 4 is 44.8 Å². The summed E-state index contributed by atoms with van der Waals surface area (Å²) in [4.78, 5) is 21.3. The van der Waals surface area contributed by atoms with Crippen molar-refractivity contribution in [1.82, 2.24) is 14.9 Å². The highest BCUT2D eigenvalue weighted by molar-refractivity contribution is 7.17. The number of halogens is 2. The number of thiophene rings is 1. The number of rotatable bonds is 4. The van der Waals surface area contributed by atoms with E-state index in [0.29, 0.717) is 33.7 Å². The molecular formula is C15H13Cl2N3OS. The largest absolute Gasteiger partial charge is 0.308 e. The summed E-state index contributed by atoms with van der Waals surface area (Å²) >= 11 is 13.3. The van der Waals surface area contributed by atoms with Gasteiger partial charge in [-0.3, -0.25) is 9.69 Å². The molecule has 2 heterocycles. The van der Waals surface area contributed by atoms with Crippen molar-refractivity contribution in [3.05, 3.63) is 61.4 Å². The van der Waals surface area contributed by atoms with E-state index < -0.39 is 0 Å². The van der Waals surface area contributed by atoms with Crippen LogP contribution < -0.4 is 5.56 Å². The molecule has 1 N–H and O–H groups in total. The van der Waals surface area contributed by atoms with E-state index in [1.165, 1.54) is 11.3 Å². The average Bonchev–Trinajstić information content (AvgIpc) is 2.91. The lowest BCUT2D eigenvalue weighted by molar-refractivity contribution is 0.311. The van der Waals surface area contributed by atoms with Gasteiger partial charge in [0.2, 0.25) is 0 Å². The van der Waals surface area contributed by atoms with Crippen LogP contribution in [0.2, 0.25) is 10.0 Å². The molecule has 0 unspecified atom stereocenters. The molecule has 0 atom stereocenters. The van der Waals surface area contributed by atoms with Crippen LogP contribution in [-0.2, 0) is 13.1 Å². The summed E-state index contributed by atoms with van der Waals surface area (Å²) in [7, 11) is 1.96. The molecule has 0 spiro atoms. The maximum Gasteiger partial charge on any atom is 0.268 e. The van der Waals surface area contributed by atoms with E-state index >= 15 is 0 Å². The zero-order valence-corrected chi connectivity index (χ0v) is 14.1. The molecule has 114 valence electrons. The molecular weight excluding hydrogens is 341 g/mol. The molecule has 0 saturated heterocycles. The van der Waals surface area contributed by atoms with Crippen LogP contribution in [0.15, 0.2) is 34.4 Å². The third-order valence-electron chi connectivity index (χ3n) is 3.22. The summed E-state index contributed by atoms with van der Waals surface area (Å²) < 4.78 is 0.663. The second kappa shape index (κ2) is 6.38. The summed E-state index contributed by atoms with van der Waals surface area (Å²) in [6, 6.07) is 7.42. The number of aromatic amines is 1. The van der Waals surface area contributed by atoms with Crippen LogP contribution in [0.5, 0.6) is 0 Å². The minimum Gasteiger partial charge on any atom is -0.308 e. The standard InChI is InChI=1S/C15H13Cl2N3OS/c1-20(7-9-2-3-10(16)11(17)6-9)8-13-18-12-4-5-22-14(12)15(21)19-13/h2-6H,7-8H2,1H3,(H,18,19,21). The Hall–Kier alpha value is -1.40. The Bertz CT molecular complexity index is 875. The molecule has 0 bridgehead atoms. The van der Waals surface area contributed by atoms with Crippen molar-refractivity contribution in [1.29, 1.82) is 0 Å². The highest BCUT2D eigenvalue weighted by atomic mass is 35.5. The Kier molecular flexibility index (Phi) is 4.49. The summed E-state index contributed by atoms with van der Waals surface area (Å²) in [5.74, 6) is 0.651. The molecule has 3 aromatic rings.